The third-order valence-electron chi connectivity index (χ3n) is 6.10. The topological polar surface area (TPSA) is 108 Å². The molecule has 0 spiro atoms. The fourth-order valence-corrected chi connectivity index (χ4v) is 5.39. The number of hydrogen-bond acceptors (Lipinski definition) is 8. The molecule has 0 radical (unpaired) electrons. The van der Waals surface area contributed by atoms with Crippen LogP contribution < -0.4 is 15.4 Å². The summed E-state index contributed by atoms with van der Waals surface area (Å²) in [4.78, 5) is 7.40. The van der Waals surface area contributed by atoms with E-state index in [-0.39, 0.29) is 39.9 Å². The van der Waals surface area contributed by atoms with Crippen LogP contribution in [0.2, 0.25) is 5.02 Å². The van der Waals surface area contributed by atoms with E-state index in [9.17, 15) is 21.6 Å². The van der Waals surface area contributed by atoms with Crippen molar-refractivity contribution in [3.63, 3.8) is 0 Å². The molecule has 2 heterocycles. The van der Waals surface area contributed by atoms with Crippen molar-refractivity contribution in [1.82, 2.24) is 9.97 Å². The summed E-state index contributed by atoms with van der Waals surface area (Å²) in [6, 6.07) is 5.58. The minimum atomic E-state index is -4.76. The zero-order valence-electron chi connectivity index (χ0n) is 20.4. The van der Waals surface area contributed by atoms with Crippen LogP contribution in [0.4, 0.5) is 44.8 Å². The number of fused-ring (bicyclic) bond motifs is 1. The molecule has 1 aliphatic heterocycles. The molecular weight excluding hydrogens is 583 g/mol. The van der Waals surface area contributed by atoms with Crippen LogP contribution in [0.3, 0.4) is 0 Å². The van der Waals surface area contributed by atoms with Crippen LogP contribution in [-0.2, 0) is 14.6 Å². The number of benzene rings is 3. The number of nitrogens with two attached hydrogens (primary N) is 1. The number of hydrogen-bond donors (Lipinski definition) is 1. The van der Waals surface area contributed by atoms with Crippen LogP contribution >= 0.6 is 11.6 Å². The third kappa shape index (κ3) is 4.86. The molecule has 5 rings (SSSR count). The van der Waals surface area contributed by atoms with Gasteiger partial charge in [-0.1, -0.05) is 11.6 Å². The van der Waals surface area contributed by atoms with E-state index in [0.717, 1.165) is 24.5 Å². The number of aromatic nitrogens is 2. The molecule has 0 bridgehead atoms. The molecule has 1 aromatic heterocycles. The first kappa shape index (κ1) is 27.8. The monoisotopic (exact) mass is 600 g/mol. The first-order valence-corrected chi connectivity index (χ1v) is 13.7. The lowest BCUT2D eigenvalue weighted by Crippen LogP contribution is -2.21. The van der Waals surface area contributed by atoms with Crippen molar-refractivity contribution in [3.05, 3.63) is 70.8 Å². The zero-order chi connectivity index (χ0) is 28.9. The molecule has 15 heteroatoms. The number of nitrogens with zero attached hydrogens (tertiary/aromatic N) is 3. The zero-order valence-corrected chi connectivity index (χ0v) is 22.0. The molecule has 0 saturated carbocycles. The van der Waals surface area contributed by atoms with Crippen molar-refractivity contribution in [2.45, 2.75) is 17.4 Å². The van der Waals surface area contributed by atoms with Crippen molar-refractivity contribution in [2.24, 2.45) is 0 Å². The van der Waals surface area contributed by atoms with Gasteiger partial charge in [0.25, 0.3) is 0 Å². The van der Waals surface area contributed by atoms with Gasteiger partial charge in [-0.2, -0.15) is 0 Å². The van der Waals surface area contributed by atoms with Crippen LogP contribution in [-0.4, -0.2) is 44.0 Å². The molecule has 2 N–H and O–H groups in total. The van der Waals surface area contributed by atoms with Gasteiger partial charge >= 0.3 is 0 Å². The summed E-state index contributed by atoms with van der Waals surface area (Å²) in [5, 5.41) is -0.460. The number of sulfone groups is 1. The standard InChI is InChI=1S/C25H18ClF5N4O4S/c1-40(36,37)24-22(31)20(29)19(28)21(30)23(24)35(11-2-3-15(27)14(26)6-11)25-13-7-16(32)18(8-17(13)33-10-34-25)39-12-4-5-38-9-12/h2-3,6-8,10,12H,4-5,9,32H2,1H3/t12-/m0/s1. The first-order chi connectivity index (χ1) is 18.9. The molecule has 3 aromatic carbocycles. The molecule has 210 valence electrons. The minimum absolute atomic E-state index is 0.0412. The summed E-state index contributed by atoms with van der Waals surface area (Å²) in [6.45, 7) is 0.833. The van der Waals surface area contributed by atoms with Gasteiger partial charge in [-0.3, -0.25) is 4.90 Å². The normalized spacial score (nSPS) is 15.5. The fourth-order valence-electron chi connectivity index (χ4n) is 4.27. The van der Waals surface area contributed by atoms with Gasteiger partial charge in [-0.05, 0) is 24.3 Å². The molecule has 4 aromatic rings. The Morgan fingerprint density at radius 2 is 1.77 bits per heavy atom. The summed E-state index contributed by atoms with van der Waals surface area (Å²) in [6.07, 6.45) is 1.81. The van der Waals surface area contributed by atoms with Crippen molar-refractivity contribution in [1.29, 1.82) is 0 Å². The summed E-state index contributed by atoms with van der Waals surface area (Å²) < 4.78 is 110. The Kier molecular flexibility index (Phi) is 7.18. The average Bonchev–Trinajstić information content (AvgIpc) is 3.41. The minimum Gasteiger partial charge on any atom is -0.486 e. The Labute approximate surface area is 229 Å². The SMILES string of the molecule is CS(=O)(=O)c1c(F)c(F)c(F)c(F)c1N(c1ccc(F)c(Cl)c1)c1ncnc2cc(O[C@H]3CCOC3)c(N)cc12. The second-order valence-corrected chi connectivity index (χ2v) is 11.2. The quantitative estimate of drug-likeness (QED) is 0.100. The Balaban J connectivity index is 1.84. The van der Waals surface area contributed by atoms with Crippen LogP contribution in [0.25, 0.3) is 10.9 Å². The lowest BCUT2D eigenvalue weighted by atomic mass is 10.1. The van der Waals surface area contributed by atoms with E-state index < -0.39 is 54.5 Å². The van der Waals surface area contributed by atoms with Gasteiger partial charge in [0.15, 0.2) is 33.1 Å². The Morgan fingerprint density at radius 1 is 1.05 bits per heavy atom. The smallest absolute Gasteiger partial charge is 0.199 e. The first-order valence-electron chi connectivity index (χ1n) is 11.5. The lowest BCUT2D eigenvalue weighted by Gasteiger charge is -2.28. The predicted octanol–water partition coefficient (Wildman–Crippen LogP) is 5.60. The van der Waals surface area contributed by atoms with Gasteiger partial charge in [0.05, 0.1) is 29.4 Å². The summed E-state index contributed by atoms with van der Waals surface area (Å²) in [5.41, 5.74) is 4.88. The Morgan fingerprint density at radius 3 is 2.42 bits per heavy atom. The lowest BCUT2D eigenvalue weighted by molar-refractivity contribution is 0.142. The van der Waals surface area contributed by atoms with Gasteiger partial charge in [-0.15, -0.1) is 0 Å². The van der Waals surface area contributed by atoms with Gasteiger partial charge in [0.1, 0.15) is 40.4 Å². The van der Waals surface area contributed by atoms with E-state index in [1.54, 1.807) is 0 Å². The van der Waals surface area contributed by atoms with E-state index >= 15 is 8.78 Å². The summed E-state index contributed by atoms with van der Waals surface area (Å²) in [5.74, 6) is -9.86. The number of anilines is 4. The van der Waals surface area contributed by atoms with Crippen molar-refractivity contribution in [3.8, 4) is 5.75 Å². The van der Waals surface area contributed by atoms with Crippen molar-refractivity contribution < 1.29 is 39.8 Å². The highest BCUT2D eigenvalue weighted by molar-refractivity contribution is 7.90. The van der Waals surface area contributed by atoms with Crippen molar-refractivity contribution in [2.75, 3.05) is 30.1 Å². The maximum absolute atomic E-state index is 15.5. The highest BCUT2D eigenvalue weighted by Gasteiger charge is 2.36. The molecular formula is C25H18ClF5N4O4S. The average molecular weight is 601 g/mol. The second-order valence-electron chi connectivity index (χ2n) is 8.85. The van der Waals surface area contributed by atoms with Crippen LogP contribution in [0.5, 0.6) is 5.75 Å². The molecule has 1 atom stereocenters. The maximum atomic E-state index is 15.5. The Hall–Kier alpha value is -3.75. The number of rotatable bonds is 6. The van der Waals surface area contributed by atoms with Crippen LogP contribution in [0.1, 0.15) is 6.42 Å². The van der Waals surface area contributed by atoms with Gasteiger partial charge in [-0.25, -0.2) is 40.3 Å². The molecule has 40 heavy (non-hydrogen) atoms. The van der Waals surface area contributed by atoms with Crippen LogP contribution in [0, 0.1) is 29.1 Å². The third-order valence-corrected chi connectivity index (χ3v) is 7.50. The highest BCUT2D eigenvalue weighted by Crippen LogP contribution is 2.45. The second kappa shape index (κ2) is 10.3. The molecule has 0 aliphatic carbocycles. The van der Waals surface area contributed by atoms with E-state index in [1.807, 2.05) is 0 Å². The number of halogens is 6. The number of nitrogen functional groups attached to an aromatic ring is 1. The van der Waals surface area contributed by atoms with Crippen molar-refractivity contribution >= 4 is 55.2 Å². The molecule has 1 aliphatic rings. The van der Waals surface area contributed by atoms with Gasteiger partial charge in [0, 0.05) is 29.8 Å². The molecule has 0 amide bonds. The van der Waals surface area contributed by atoms with E-state index in [0.29, 0.717) is 30.8 Å². The molecule has 1 saturated heterocycles. The molecule has 0 unspecified atom stereocenters. The van der Waals surface area contributed by atoms with E-state index in [4.69, 9.17) is 26.8 Å². The fraction of sp³-hybridized carbons (Fsp3) is 0.200. The van der Waals surface area contributed by atoms with Crippen LogP contribution in [0.15, 0.2) is 41.6 Å². The molecule has 1 fully saturated rings. The van der Waals surface area contributed by atoms with Gasteiger partial charge < -0.3 is 15.2 Å². The van der Waals surface area contributed by atoms with Gasteiger partial charge in [0.2, 0.25) is 0 Å². The highest BCUT2D eigenvalue weighted by atomic mass is 35.5. The molecule has 8 nitrogen and oxygen atoms in total. The summed E-state index contributed by atoms with van der Waals surface area (Å²) in [7, 11) is -4.76. The predicted molar refractivity (Wildman–Crippen MR) is 136 cm³/mol. The Bertz CT molecular complexity index is 1770. The maximum Gasteiger partial charge on any atom is 0.199 e. The number of ether oxygens (including phenoxy) is 2. The summed E-state index contributed by atoms with van der Waals surface area (Å²) >= 11 is 5.93. The largest absolute Gasteiger partial charge is 0.486 e. The van der Waals surface area contributed by atoms with E-state index in [2.05, 4.69) is 9.97 Å². The van der Waals surface area contributed by atoms with E-state index in [1.165, 1.54) is 12.1 Å².